The predicted molar refractivity (Wildman–Crippen MR) is 106 cm³/mol. The van der Waals surface area contributed by atoms with E-state index in [-0.39, 0.29) is 17.1 Å². The molecule has 0 saturated heterocycles. The molecule has 0 bridgehead atoms. The van der Waals surface area contributed by atoms with Crippen molar-refractivity contribution in [3.63, 3.8) is 0 Å². The number of rotatable bonds is 14. The number of carbonyl (C=O) groups is 1. The van der Waals surface area contributed by atoms with Gasteiger partial charge in [-0.15, -0.1) is 0 Å². The first-order valence-electron chi connectivity index (χ1n) is 10.1. The minimum atomic E-state index is -1.26. The molecule has 1 aromatic rings. The monoisotopic (exact) mass is 382 g/mol. The molecule has 2 N–H and O–H groups in total. The number of ether oxygens (including phenoxy) is 3. The van der Waals surface area contributed by atoms with Gasteiger partial charge >= 0.3 is 5.97 Å². The number of benzene rings is 1. The van der Waals surface area contributed by atoms with Crippen molar-refractivity contribution < 1.29 is 29.2 Å². The van der Waals surface area contributed by atoms with Crippen LogP contribution in [0.3, 0.4) is 0 Å². The Hall–Kier alpha value is -2.11. The number of phenols is 1. The van der Waals surface area contributed by atoms with E-state index in [1.807, 2.05) is 6.92 Å². The molecular formula is C21H34O6. The van der Waals surface area contributed by atoms with Gasteiger partial charge in [-0.05, 0) is 26.2 Å². The third-order valence-corrected chi connectivity index (χ3v) is 4.28. The highest BCUT2D eigenvalue weighted by Crippen LogP contribution is 2.48. The van der Waals surface area contributed by atoms with Crippen LogP contribution in [0.4, 0.5) is 0 Å². The summed E-state index contributed by atoms with van der Waals surface area (Å²) in [5.74, 6) is -1.01. The lowest BCUT2D eigenvalue weighted by Gasteiger charge is -2.22. The summed E-state index contributed by atoms with van der Waals surface area (Å²) in [6, 6.07) is 0. The summed E-state index contributed by atoms with van der Waals surface area (Å²) in [6.07, 6.45) is 6.30. The molecule has 0 unspecified atom stereocenters. The average Bonchev–Trinajstić information content (AvgIpc) is 2.64. The molecule has 27 heavy (non-hydrogen) atoms. The molecule has 0 atom stereocenters. The third kappa shape index (κ3) is 6.22. The van der Waals surface area contributed by atoms with Gasteiger partial charge in [0.2, 0.25) is 0 Å². The maximum atomic E-state index is 11.9. The SMILES string of the molecule is CCCCCOc1c(CC)c(OCC)c(O)c(C(=O)O)c1OCCCCC. The van der Waals surface area contributed by atoms with Crippen molar-refractivity contribution in [3.05, 3.63) is 11.1 Å². The maximum Gasteiger partial charge on any atom is 0.343 e. The van der Waals surface area contributed by atoms with Crippen LogP contribution in [0.1, 0.15) is 82.1 Å². The Bertz CT molecular complexity index is 597. The van der Waals surface area contributed by atoms with E-state index in [4.69, 9.17) is 14.2 Å². The van der Waals surface area contributed by atoms with Crippen LogP contribution in [0.15, 0.2) is 0 Å². The lowest BCUT2D eigenvalue weighted by molar-refractivity contribution is 0.0686. The maximum absolute atomic E-state index is 11.9. The first-order valence-corrected chi connectivity index (χ1v) is 10.1. The summed E-state index contributed by atoms with van der Waals surface area (Å²) in [4.78, 5) is 11.9. The molecule has 0 aliphatic heterocycles. The van der Waals surface area contributed by atoms with E-state index in [9.17, 15) is 15.0 Å². The summed E-state index contributed by atoms with van der Waals surface area (Å²) in [5.41, 5.74) is 0.346. The van der Waals surface area contributed by atoms with E-state index in [2.05, 4.69) is 13.8 Å². The van der Waals surface area contributed by atoms with Gasteiger partial charge in [-0.25, -0.2) is 4.79 Å². The van der Waals surface area contributed by atoms with E-state index in [1.165, 1.54) is 0 Å². The zero-order chi connectivity index (χ0) is 20.2. The highest BCUT2D eigenvalue weighted by atomic mass is 16.5. The molecule has 0 aromatic heterocycles. The van der Waals surface area contributed by atoms with E-state index in [0.717, 1.165) is 38.5 Å². The molecule has 0 spiro atoms. The normalized spacial score (nSPS) is 10.7. The van der Waals surface area contributed by atoms with E-state index in [1.54, 1.807) is 6.92 Å². The fourth-order valence-corrected chi connectivity index (χ4v) is 2.88. The van der Waals surface area contributed by atoms with Crippen molar-refractivity contribution in [1.29, 1.82) is 0 Å². The largest absolute Gasteiger partial charge is 0.504 e. The molecule has 0 amide bonds. The summed E-state index contributed by atoms with van der Waals surface area (Å²) in [5, 5.41) is 20.3. The molecule has 0 saturated carbocycles. The van der Waals surface area contributed by atoms with Crippen LogP contribution in [0.2, 0.25) is 0 Å². The van der Waals surface area contributed by atoms with Gasteiger partial charge in [-0.1, -0.05) is 46.5 Å². The Morgan fingerprint density at radius 3 is 1.81 bits per heavy atom. The molecule has 0 aliphatic rings. The van der Waals surface area contributed by atoms with Crippen molar-refractivity contribution in [2.75, 3.05) is 19.8 Å². The number of unbranched alkanes of at least 4 members (excludes halogenated alkanes) is 4. The van der Waals surface area contributed by atoms with Crippen LogP contribution >= 0.6 is 0 Å². The number of carboxylic acid groups (broad SMARTS) is 1. The molecule has 0 aliphatic carbocycles. The van der Waals surface area contributed by atoms with Crippen LogP contribution in [-0.4, -0.2) is 36.0 Å². The zero-order valence-electron chi connectivity index (χ0n) is 17.1. The summed E-state index contributed by atoms with van der Waals surface area (Å²) >= 11 is 0. The second kappa shape index (κ2) is 12.3. The van der Waals surface area contributed by atoms with Gasteiger partial charge in [0.15, 0.2) is 28.6 Å². The van der Waals surface area contributed by atoms with Crippen molar-refractivity contribution in [2.45, 2.75) is 72.6 Å². The van der Waals surface area contributed by atoms with Gasteiger partial charge in [0.05, 0.1) is 19.8 Å². The first-order chi connectivity index (χ1) is 13.0. The van der Waals surface area contributed by atoms with Crippen LogP contribution in [-0.2, 0) is 6.42 Å². The van der Waals surface area contributed by atoms with E-state index in [0.29, 0.717) is 37.6 Å². The number of aromatic carboxylic acids is 1. The van der Waals surface area contributed by atoms with Crippen LogP contribution < -0.4 is 14.2 Å². The van der Waals surface area contributed by atoms with Gasteiger partial charge in [0, 0.05) is 5.56 Å². The number of carboxylic acids is 1. The Labute approximate surface area is 162 Å². The Kier molecular flexibility index (Phi) is 10.5. The van der Waals surface area contributed by atoms with Crippen LogP contribution in [0.5, 0.6) is 23.0 Å². The zero-order valence-corrected chi connectivity index (χ0v) is 17.1. The van der Waals surface area contributed by atoms with Crippen molar-refractivity contribution in [3.8, 4) is 23.0 Å². The molecule has 0 fully saturated rings. The quantitative estimate of drug-likeness (QED) is 0.431. The van der Waals surface area contributed by atoms with Gasteiger partial charge in [0.1, 0.15) is 0 Å². The fraction of sp³-hybridized carbons (Fsp3) is 0.667. The number of hydrogen-bond donors (Lipinski definition) is 2. The topological polar surface area (TPSA) is 85.2 Å². The van der Waals surface area contributed by atoms with Gasteiger partial charge in [-0.2, -0.15) is 0 Å². The molecule has 6 heteroatoms. The highest BCUT2D eigenvalue weighted by Gasteiger charge is 2.30. The summed E-state index contributed by atoms with van der Waals surface area (Å²) < 4.78 is 17.4. The van der Waals surface area contributed by atoms with Crippen molar-refractivity contribution >= 4 is 5.97 Å². The van der Waals surface area contributed by atoms with Gasteiger partial charge in [-0.3, -0.25) is 0 Å². The molecule has 154 valence electrons. The highest BCUT2D eigenvalue weighted by molar-refractivity contribution is 5.97. The fourth-order valence-electron chi connectivity index (χ4n) is 2.88. The van der Waals surface area contributed by atoms with Crippen LogP contribution in [0.25, 0.3) is 0 Å². The Balaban J connectivity index is 3.41. The minimum absolute atomic E-state index is 0.105. The predicted octanol–water partition coefficient (Wildman–Crippen LogP) is 5.19. The van der Waals surface area contributed by atoms with Crippen LogP contribution in [0, 0.1) is 0 Å². The van der Waals surface area contributed by atoms with Crippen molar-refractivity contribution in [2.24, 2.45) is 0 Å². The number of aromatic hydroxyl groups is 1. The lowest BCUT2D eigenvalue weighted by atomic mass is 10.0. The first kappa shape index (κ1) is 22.9. The minimum Gasteiger partial charge on any atom is -0.504 e. The summed E-state index contributed by atoms with van der Waals surface area (Å²) in [6.45, 7) is 9.04. The van der Waals surface area contributed by atoms with Gasteiger partial charge in [0.25, 0.3) is 0 Å². The van der Waals surface area contributed by atoms with E-state index < -0.39 is 11.7 Å². The second-order valence-corrected chi connectivity index (χ2v) is 6.39. The van der Waals surface area contributed by atoms with Crippen molar-refractivity contribution in [1.82, 2.24) is 0 Å². The smallest absolute Gasteiger partial charge is 0.343 e. The van der Waals surface area contributed by atoms with E-state index >= 15 is 0 Å². The lowest BCUT2D eigenvalue weighted by Crippen LogP contribution is -2.12. The molecule has 0 radical (unpaired) electrons. The molecule has 0 heterocycles. The molecule has 6 nitrogen and oxygen atoms in total. The number of hydrogen-bond acceptors (Lipinski definition) is 5. The van der Waals surface area contributed by atoms with Gasteiger partial charge < -0.3 is 24.4 Å². The third-order valence-electron chi connectivity index (χ3n) is 4.28. The molecular weight excluding hydrogens is 348 g/mol. The molecule has 1 aromatic carbocycles. The Morgan fingerprint density at radius 1 is 0.815 bits per heavy atom. The second-order valence-electron chi connectivity index (χ2n) is 6.39. The standard InChI is InChI=1S/C21H34O6/c1-5-9-11-13-26-19-15(7-3)18(25-8-4)17(22)16(21(23)24)20(19)27-14-12-10-6-2/h22H,5-14H2,1-4H3,(H,23,24). The Morgan fingerprint density at radius 2 is 1.37 bits per heavy atom. The molecule has 1 rings (SSSR count). The average molecular weight is 382 g/mol. The summed E-state index contributed by atoms with van der Waals surface area (Å²) in [7, 11) is 0.